The lowest BCUT2D eigenvalue weighted by Crippen LogP contribution is -2.41. The lowest BCUT2D eigenvalue weighted by Gasteiger charge is -2.44. The van der Waals surface area contributed by atoms with E-state index in [9.17, 15) is 5.26 Å². The number of H-pyrrole nitrogens is 1. The molecule has 1 aliphatic carbocycles. The van der Waals surface area contributed by atoms with E-state index in [1.807, 2.05) is 4.90 Å². The average Bonchev–Trinajstić information content (AvgIpc) is 2.99. The molecule has 2 aliphatic rings. The van der Waals surface area contributed by atoms with Gasteiger partial charge in [-0.2, -0.15) is 5.26 Å². The molecule has 4 nitrogen and oxygen atoms in total. The molecule has 2 fully saturated rings. The zero-order valence-corrected chi connectivity index (χ0v) is 14.2. The van der Waals surface area contributed by atoms with Crippen molar-refractivity contribution in [3.05, 3.63) is 35.5 Å². The number of hydrogen-bond acceptors (Lipinski definition) is 3. The van der Waals surface area contributed by atoms with Crippen LogP contribution in [0.5, 0.6) is 0 Å². The zero-order chi connectivity index (χ0) is 16.5. The molecule has 2 aromatic rings. The second-order valence-electron chi connectivity index (χ2n) is 7.41. The number of fused-ring (bicyclic) bond motifs is 2. The van der Waals surface area contributed by atoms with Gasteiger partial charge in [-0.3, -0.25) is 0 Å². The van der Waals surface area contributed by atoms with Gasteiger partial charge in [-0.15, -0.1) is 0 Å². The highest BCUT2D eigenvalue weighted by Crippen LogP contribution is 2.44. The summed E-state index contributed by atoms with van der Waals surface area (Å²) in [7, 11) is 0. The third-order valence-electron chi connectivity index (χ3n) is 6.10. The summed E-state index contributed by atoms with van der Waals surface area (Å²) in [6.45, 7) is 1.56. The highest BCUT2D eigenvalue weighted by Gasteiger charge is 2.38. The molecule has 1 aliphatic heterocycles. The number of nitrogens with one attached hydrogen (secondary N) is 1. The van der Waals surface area contributed by atoms with Gasteiger partial charge in [0, 0.05) is 23.1 Å². The molecule has 0 bridgehead atoms. The first-order chi connectivity index (χ1) is 11.8. The maximum atomic E-state index is 9.75. The second-order valence-corrected chi connectivity index (χ2v) is 7.41. The van der Waals surface area contributed by atoms with Crippen LogP contribution in [0, 0.1) is 23.3 Å². The van der Waals surface area contributed by atoms with Gasteiger partial charge in [0.2, 0.25) is 0 Å². The van der Waals surface area contributed by atoms with Crippen molar-refractivity contribution in [2.45, 2.75) is 44.6 Å². The Bertz CT molecular complexity index is 757. The third kappa shape index (κ3) is 2.57. The predicted molar refractivity (Wildman–Crippen MR) is 96.2 cm³/mol. The largest absolute Gasteiger partial charge is 0.356 e. The van der Waals surface area contributed by atoms with Crippen LogP contribution in [0.3, 0.4) is 0 Å². The van der Waals surface area contributed by atoms with Crippen LogP contribution in [0.2, 0.25) is 0 Å². The van der Waals surface area contributed by atoms with E-state index in [1.165, 1.54) is 47.8 Å². The quantitative estimate of drug-likeness (QED) is 0.847. The summed E-state index contributed by atoms with van der Waals surface area (Å²) in [6, 6.07) is 8.63. The number of nitrogens with two attached hydrogens (primary N) is 1. The Balaban J connectivity index is 1.74. The van der Waals surface area contributed by atoms with Gasteiger partial charge in [0.25, 0.3) is 0 Å². The van der Waals surface area contributed by atoms with Crippen molar-refractivity contribution in [2.75, 3.05) is 13.1 Å². The van der Waals surface area contributed by atoms with Crippen LogP contribution in [-0.2, 0) is 6.42 Å². The SMILES string of the molecule is N#CN1CC2CCCCC2CC1c1[nH]c2ccccc2c1CCN. The smallest absolute Gasteiger partial charge is 0.179 e. The first-order valence-electron chi connectivity index (χ1n) is 9.27. The fourth-order valence-electron chi connectivity index (χ4n) is 4.93. The minimum atomic E-state index is 0.184. The maximum absolute atomic E-state index is 9.75. The molecule has 1 saturated heterocycles. The molecule has 2 heterocycles. The maximum Gasteiger partial charge on any atom is 0.179 e. The molecule has 0 radical (unpaired) electrons. The molecule has 1 aromatic carbocycles. The summed E-state index contributed by atoms with van der Waals surface area (Å²) in [5.41, 5.74) is 9.60. The number of rotatable bonds is 3. The van der Waals surface area contributed by atoms with E-state index in [-0.39, 0.29) is 6.04 Å². The fraction of sp³-hybridized carbons (Fsp3) is 0.550. The van der Waals surface area contributed by atoms with E-state index in [0.29, 0.717) is 12.5 Å². The summed E-state index contributed by atoms with van der Waals surface area (Å²) in [5, 5.41) is 11.0. The number of aromatic amines is 1. The second kappa shape index (κ2) is 6.49. The first-order valence-corrected chi connectivity index (χ1v) is 9.27. The fourth-order valence-corrected chi connectivity index (χ4v) is 4.93. The Hall–Kier alpha value is -1.99. The van der Waals surface area contributed by atoms with Crippen molar-refractivity contribution < 1.29 is 0 Å². The third-order valence-corrected chi connectivity index (χ3v) is 6.10. The highest BCUT2D eigenvalue weighted by molar-refractivity contribution is 5.84. The monoisotopic (exact) mass is 322 g/mol. The van der Waals surface area contributed by atoms with Crippen LogP contribution in [0.4, 0.5) is 0 Å². The predicted octanol–water partition coefficient (Wildman–Crippen LogP) is 3.70. The minimum Gasteiger partial charge on any atom is -0.356 e. The van der Waals surface area contributed by atoms with Gasteiger partial charge in [0.1, 0.15) is 0 Å². The number of hydrogen-bond donors (Lipinski definition) is 2. The van der Waals surface area contributed by atoms with Crippen LogP contribution < -0.4 is 5.73 Å². The molecule has 3 N–H and O–H groups in total. The van der Waals surface area contributed by atoms with E-state index in [2.05, 4.69) is 35.4 Å². The van der Waals surface area contributed by atoms with Gasteiger partial charge in [-0.1, -0.05) is 37.5 Å². The van der Waals surface area contributed by atoms with E-state index >= 15 is 0 Å². The number of para-hydroxylation sites is 1. The van der Waals surface area contributed by atoms with Crippen molar-refractivity contribution in [3.8, 4) is 6.19 Å². The number of benzene rings is 1. The van der Waals surface area contributed by atoms with Gasteiger partial charge in [0.05, 0.1) is 6.04 Å². The number of aromatic nitrogens is 1. The van der Waals surface area contributed by atoms with Crippen molar-refractivity contribution in [1.82, 2.24) is 9.88 Å². The lowest BCUT2D eigenvalue weighted by atomic mass is 9.72. The number of nitriles is 1. The van der Waals surface area contributed by atoms with Crippen molar-refractivity contribution in [3.63, 3.8) is 0 Å². The molecule has 126 valence electrons. The van der Waals surface area contributed by atoms with Crippen LogP contribution >= 0.6 is 0 Å². The summed E-state index contributed by atoms with van der Waals surface area (Å²) >= 11 is 0. The Morgan fingerprint density at radius 1 is 1.21 bits per heavy atom. The summed E-state index contributed by atoms with van der Waals surface area (Å²) in [4.78, 5) is 5.66. The van der Waals surface area contributed by atoms with E-state index in [1.54, 1.807) is 0 Å². The van der Waals surface area contributed by atoms with Crippen LogP contribution in [0.1, 0.15) is 49.4 Å². The van der Waals surface area contributed by atoms with Gasteiger partial charge < -0.3 is 15.6 Å². The molecule has 24 heavy (non-hydrogen) atoms. The number of nitrogens with zero attached hydrogens (tertiary/aromatic N) is 2. The Morgan fingerprint density at radius 3 is 2.79 bits per heavy atom. The van der Waals surface area contributed by atoms with Crippen LogP contribution in [0.25, 0.3) is 10.9 Å². The average molecular weight is 322 g/mol. The molecule has 3 unspecified atom stereocenters. The van der Waals surface area contributed by atoms with Gasteiger partial charge in [0.15, 0.2) is 6.19 Å². The molecular formula is C20H26N4. The van der Waals surface area contributed by atoms with Crippen LogP contribution in [0.15, 0.2) is 24.3 Å². The Labute approximate surface area is 143 Å². The normalized spacial score (nSPS) is 27.0. The number of likely N-dealkylation sites (tertiary alicyclic amines) is 1. The molecule has 0 spiro atoms. The van der Waals surface area contributed by atoms with Crippen molar-refractivity contribution in [1.29, 1.82) is 5.26 Å². The molecule has 0 amide bonds. The molecular weight excluding hydrogens is 296 g/mol. The highest BCUT2D eigenvalue weighted by atomic mass is 15.2. The summed E-state index contributed by atoms with van der Waals surface area (Å²) in [5.74, 6) is 1.47. The standard InChI is InChI=1S/C20H26N4/c21-10-9-17-16-7-3-4-8-18(16)23-20(17)19-11-14-5-1-2-6-15(14)12-24(19)13-22/h3-4,7-8,14-15,19,23H,1-2,5-6,9-12,21H2. The molecule has 3 atom stereocenters. The molecule has 1 saturated carbocycles. The molecule has 1 aromatic heterocycles. The van der Waals surface area contributed by atoms with Crippen molar-refractivity contribution in [2.24, 2.45) is 17.6 Å². The lowest BCUT2D eigenvalue weighted by molar-refractivity contribution is 0.0747. The van der Waals surface area contributed by atoms with E-state index in [4.69, 9.17) is 5.73 Å². The first kappa shape index (κ1) is 15.5. The minimum absolute atomic E-state index is 0.184. The van der Waals surface area contributed by atoms with E-state index in [0.717, 1.165) is 25.3 Å². The zero-order valence-electron chi connectivity index (χ0n) is 14.2. The number of piperidine rings is 1. The van der Waals surface area contributed by atoms with Gasteiger partial charge in [-0.25, -0.2) is 0 Å². The Kier molecular flexibility index (Phi) is 4.20. The molecule has 4 heteroatoms. The topological polar surface area (TPSA) is 68.8 Å². The van der Waals surface area contributed by atoms with Gasteiger partial charge in [-0.05, 0) is 49.3 Å². The van der Waals surface area contributed by atoms with Gasteiger partial charge >= 0.3 is 0 Å². The summed E-state index contributed by atoms with van der Waals surface area (Å²) in [6.07, 6.45) is 9.74. The van der Waals surface area contributed by atoms with E-state index < -0.39 is 0 Å². The Morgan fingerprint density at radius 2 is 2.00 bits per heavy atom. The van der Waals surface area contributed by atoms with Crippen LogP contribution in [-0.4, -0.2) is 23.0 Å². The van der Waals surface area contributed by atoms with Crippen molar-refractivity contribution >= 4 is 10.9 Å². The summed E-state index contributed by atoms with van der Waals surface area (Å²) < 4.78 is 0. The molecule has 4 rings (SSSR count).